The van der Waals surface area contributed by atoms with Gasteiger partial charge in [-0.25, -0.2) is 13.7 Å². The van der Waals surface area contributed by atoms with Crippen molar-refractivity contribution in [1.29, 1.82) is 0 Å². The molecule has 182 valence electrons. The average molecular weight is 494 g/mol. The molecule has 9 heteroatoms. The number of halogens is 2. The number of nitrogens with zero attached hydrogens (tertiary/aromatic N) is 7. The fourth-order valence-corrected chi connectivity index (χ4v) is 4.12. The van der Waals surface area contributed by atoms with Crippen molar-refractivity contribution < 1.29 is 8.78 Å². The minimum Gasteiger partial charge on any atom is -0.213 e. The van der Waals surface area contributed by atoms with Crippen molar-refractivity contribution in [1.82, 2.24) is 4.90 Å². The van der Waals surface area contributed by atoms with E-state index in [0.29, 0.717) is 51.7 Å². The third-order valence-corrected chi connectivity index (χ3v) is 6.43. The van der Waals surface area contributed by atoms with Crippen LogP contribution in [0.25, 0.3) is 0 Å². The number of aryl methyl sites for hydroxylation is 4. The topological polar surface area (TPSA) is 77.4 Å². The van der Waals surface area contributed by atoms with E-state index in [2.05, 4.69) is 20.0 Å². The summed E-state index contributed by atoms with van der Waals surface area (Å²) in [5, 5.41) is 0. The van der Waals surface area contributed by atoms with Gasteiger partial charge in [0.1, 0.15) is 11.6 Å². The van der Waals surface area contributed by atoms with Crippen LogP contribution in [0.2, 0.25) is 0 Å². The van der Waals surface area contributed by atoms with E-state index >= 15 is 0 Å². The zero-order valence-corrected chi connectivity index (χ0v) is 20.6. The Hall–Kier alpha value is -4.66. The second kappa shape index (κ2) is 8.48. The summed E-state index contributed by atoms with van der Waals surface area (Å²) in [7, 11) is 0. The van der Waals surface area contributed by atoms with E-state index in [1.807, 2.05) is 32.0 Å². The highest BCUT2D eigenvalue weighted by Gasteiger charge is 2.35. The van der Waals surface area contributed by atoms with E-state index in [4.69, 9.17) is 9.98 Å². The zero-order valence-electron chi connectivity index (χ0n) is 20.6. The van der Waals surface area contributed by atoms with Crippen molar-refractivity contribution >= 4 is 35.4 Å². The van der Waals surface area contributed by atoms with Crippen LogP contribution in [0.3, 0.4) is 0 Å². The summed E-state index contributed by atoms with van der Waals surface area (Å²) in [6.07, 6.45) is 0. The van der Waals surface area contributed by atoms with Crippen molar-refractivity contribution in [2.75, 3.05) is 0 Å². The summed E-state index contributed by atoms with van der Waals surface area (Å²) in [5.41, 5.74) is 5.28. The molecule has 3 aliphatic heterocycles. The maximum Gasteiger partial charge on any atom is 0.243 e. The van der Waals surface area contributed by atoms with Crippen LogP contribution in [0.4, 0.5) is 8.78 Å². The average Bonchev–Trinajstić information content (AvgIpc) is 2.88. The molecule has 0 spiro atoms. The van der Waals surface area contributed by atoms with Gasteiger partial charge in [-0.1, -0.05) is 12.1 Å². The van der Waals surface area contributed by atoms with Gasteiger partial charge in [-0.2, -0.15) is 30.0 Å². The fourth-order valence-electron chi connectivity index (χ4n) is 4.12. The van der Waals surface area contributed by atoms with Crippen LogP contribution in [0.5, 0.6) is 0 Å². The molecule has 3 heterocycles. The molecular formula is C28H21F2N7. The SMILES string of the molecule is Cc1ccc(C2=NC3=NC(c4ccc(F)c(C)c4)=NC4=NC(c5ccc(F)c(C)c5)=NC(=N2)N34)cc1C. The summed E-state index contributed by atoms with van der Waals surface area (Å²) in [4.78, 5) is 29.6. The minimum absolute atomic E-state index is 0.274. The van der Waals surface area contributed by atoms with Gasteiger partial charge in [0, 0.05) is 16.7 Å². The molecule has 0 saturated heterocycles. The van der Waals surface area contributed by atoms with Gasteiger partial charge < -0.3 is 0 Å². The monoisotopic (exact) mass is 493 g/mol. The highest BCUT2D eigenvalue weighted by atomic mass is 19.1. The highest BCUT2D eigenvalue weighted by Crippen LogP contribution is 2.24. The number of hydrogen-bond acceptors (Lipinski definition) is 7. The summed E-state index contributed by atoms with van der Waals surface area (Å²) in [6.45, 7) is 7.44. The molecule has 37 heavy (non-hydrogen) atoms. The van der Waals surface area contributed by atoms with Crippen LogP contribution in [0, 0.1) is 39.3 Å². The Morgan fingerprint density at radius 2 is 0.838 bits per heavy atom. The fraction of sp³-hybridized carbons (Fsp3) is 0.143. The maximum absolute atomic E-state index is 13.9. The lowest BCUT2D eigenvalue weighted by Gasteiger charge is -2.30. The lowest BCUT2D eigenvalue weighted by Crippen LogP contribution is -2.48. The number of benzene rings is 3. The lowest BCUT2D eigenvalue weighted by molar-refractivity contribution is 0.618. The predicted octanol–water partition coefficient (Wildman–Crippen LogP) is 5.25. The summed E-state index contributed by atoms with van der Waals surface area (Å²) in [6, 6.07) is 15.4. The smallest absolute Gasteiger partial charge is 0.213 e. The second-order valence-electron chi connectivity index (χ2n) is 9.10. The van der Waals surface area contributed by atoms with Crippen molar-refractivity contribution in [3.63, 3.8) is 0 Å². The van der Waals surface area contributed by atoms with Gasteiger partial charge in [-0.15, -0.1) is 0 Å². The molecule has 3 aromatic rings. The Bertz CT molecular complexity index is 1490. The molecule has 0 N–H and O–H groups in total. The van der Waals surface area contributed by atoms with Crippen LogP contribution in [0.1, 0.15) is 38.9 Å². The lowest BCUT2D eigenvalue weighted by atomic mass is 10.1. The molecule has 0 atom stereocenters. The molecule has 0 bridgehead atoms. The van der Waals surface area contributed by atoms with E-state index in [1.54, 1.807) is 43.0 Å². The molecule has 3 aromatic carbocycles. The van der Waals surface area contributed by atoms with E-state index in [9.17, 15) is 8.78 Å². The van der Waals surface area contributed by atoms with Crippen LogP contribution in [-0.4, -0.2) is 40.3 Å². The molecule has 0 amide bonds. The number of amidine groups is 3. The van der Waals surface area contributed by atoms with Gasteiger partial charge in [0.05, 0.1) is 0 Å². The predicted molar refractivity (Wildman–Crippen MR) is 142 cm³/mol. The number of hydrogen-bond donors (Lipinski definition) is 0. The van der Waals surface area contributed by atoms with Gasteiger partial charge in [-0.3, -0.25) is 0 Å². The van der Waals surface area contributed by atoms with Crippen molar-refractivity contribution in [2.45, 2.75) is 27.7 Å². The molecule has 6 rings (SSSR count). The van der Waals surface area contributed by atoms with Gasteiger partial charge in [-0.05, 0) is 92.4 Å². The van der Waals surface area contributed by atoms with Crippen molar-refractivity contribution in [3.8, 4) is 0 Å². The molecule has 7 nitrogen and oxygen atoms in total. The first kappa shape index (κ1) is 22.8. The zero-order chi connectivity index (χ0) is 25.8. The van der Waals surface area contributed by atoms with Crippen LogP contribution in [0.15, 0.2) is 84.6 Å². The molecule has 0 fully saturated rings. The molecule has 0 saturated carbocycles. The highest BCUT2D eigenvalue weighted by molar-refractivity contribution is 6.34. The standard InChI is InChI=1S/C28H21F2N7/c1-14-5-6-18(11-15(14)2)23-31-26-33-24(19-7-9-21(29)16(3)12-19)35-28-36-25(34-27(32-23)37(26)28)20-8-10-22(30)17(4)13-20/h5-13H,1-4H3. The first-order valence-corrected chi connectivity index (χ1v) is 11.7. The van der Waals surface area contributed by atoms with Crippen molar-refractivity contribution in [3.05, 3.63) is 105 Å². The summed E-state index contributed by atoms with van der Waals surface area (Å²) < 4.78 is 27.9. The van der Waals surface area contributed by atoms with E-state index in [1.165, 1.54) is 12.1 Å². The third kappa shape index (κ3) is 3.98. The van der Waals surface area contributed by atoms with Crippen LogP contribution >= 0.6 is 0 Å². The van der Waals surface area contributed by atoms with Gasteiger partial charge in [0.2, 0.25) is 17.9 Å². The second-order valence-corrected chi connectivity index (χ2v) is 9.10. The van der Waals surface area contributed by atoms with Crippen LogP contribution < -0.4 is 0 Å². The van der Waals surface area contributed by atoms with Crippen LogP contribution in [-0.2, 0) is 0 Å². The number of guanidine groups is 3. The first-order chi connectivity index (χ1) is 17.8. The molecule has 0 aromatic heterocycles. The molecule has 3 aliphatic rings. The Labute approximate surface area is 212 Å². The van der Waals surface area contributed by atoms with E-state index in [-0.39, 0.29) is 17.6 Å². The Kier molecular flexibility index (Phi) is 5.22. The largest absolute Gasteiger partial charge is 0.243 e. The normalized spacial score (nSPS) is 16.2. The van der Waals surface area contributed by atoms with Gasteiger partial charge in [0.25, 0.3) is 0 Å². The first-order valence-electron chi connectivity index (χ1n) is 11.7. The van der Waals surface area contributed by atoms with Gasteiger partial charge >= 0.3 is 0 Å². The third-order valence-electron chi connectivity index (χ3n) is 6.43. The Morgan fingerprint density at radius 3 is 1.22 bits per heavy atom. The summed E-state index contributed by atoms with van der Waals surface area (Å²) >= 11 is 0. The summed E-state index contributed by atoms with van der Waals surface area (Å²) in [5.74, 6) is 1.40. The number of rotatable bonds is 3. The molecular weight excluding hydrogens is 472 g/mol. The maximum atomic E-state index is 13.9. The molecule has 0 unspecified atom stereocenters. The Morgan fingerprint density at radius 1 is 0.459 bits per heavy atom. The quantitative estimate of drug-likeness (QED) is 0.491. The van der Waals surface area contributed by atoms with Gasteiger partial charge in [0.15, 0.2) is 17.5 Å². The Balaban J connectivity index is 1.55. The number of aliphatic imine (C=N–C) groups is 6. The molecule has 0 aliphatic carbocycles. The van der Waals surface area contributed by atoms with E-state index in [0.717, 1.165) is 16.7 Å². The molecule has 0 radical (unpaired) electrons. The van der Waals surface area contributed by atoms with Crippen molar-refractivity contribution in [2.24, 2.45) is 30.0 Å². The van der Waals surface area contributed by atoms with E-state index < -0.39 is 0 Å². The minimum atomic E-state index is -0.312.